The van der Waals surface area contributed by atoms with Crippen LogP contribution in [0.3, 0.4) is 0 Å². The Labute approximate surface area is 162 Å². The van der Waals surface area contributed by atoms with Crippen molar-refractivity contribution < 1.29 is 13.2 Å². The highest BCUT2D eigenvalue weighted by Crippen LogP contribution is 2.28. The number of aryl methyl sites for hydroxylation is 2. The molecule has 1 saturated heterocycles. The van der Waals surface area contributed by atoms with E-state index >= 15 is 0 Å². The van der Waals surface area contributed by atoms with Crippen LogP contribution in [0.4, 0.5) is 0 Å². The largest absolute Gasteiger partial charge is 0.496 e. The van der Waals surface area contributed by atoms with Gasteiger partial charge in [-0.1, -0.05) is 30.3 Å². The number of piperazine rings is 1. The first-order valence-corrected chi connectivity index (χ1v) is 10.8. The highest BCUT2D eigenvalue weighted by molar-refractivity contribution is 7.89. The summed E-state index contributed by atoms with van der Waals surface area (Å²) in [6, 6.07) is 13.8. The SMILES string of the molecule is COc1c(C)cc(S(=O)(=O)N2CCN(CCc3ccccc3)CC2)cc1C. The molecule has 0 radical (unpaired) electrons. The molecule has 0 aromatic heterocycles. The monoisotopic (exact) mass is 388 g/mol. The Balaban J connectivity index is 1.63. The molecule has 0 bridgehead atoms. The van der Waals surface area contributed by atoms with Crippen molar-refractivity contribution in [1.82, 2.24) is 9.21 Å². The van der Waals surface area contributed by atoms with E-state index in [1.165, 1.54) is 5.56 Å². The second-order valence-electron chi connectivity index (χ2n) is 7.07. The van der Waals surface area contributed by atoms with Crippen molar-refractivity contribution in [1.29, 1.82) is 0 Å². The van der Waals surface area contributed by atoms with Crippen molar-refractivity contribution in [2.24, 2.45) is 0 Å². The second kappa shape index (κ2) is 8.42. The van der Waals surface area contributed by atoms with Crippen LogP contribution >= 0.6 is 0 Å². The van der Waals surface area contributed by atoms with E-state index in [0.29, 0.717) is 18.0 Å². The first-order chi connectivity index (χ1) is 12.9. The number of hydrogen-bond acceptors (Lipinski definition) is 4. The third-order valence-corrected chi connectivity index (χ3v) is 7.04. The molecule has 146 valence electrons. The highest BCUT2D eigenvalue weighted by Gasteiger charge is 2.29. The van der Waals surface area contributed by atoms with Crippen LogP contribution in [-0.4, -0.2) is 57.5 Å². The van der Waals surface area contributed by atoms with Crippen molar-refractivity contribution in [3.63, 3.8) is 0 Å². The summed E-state index contributed by atoms with van der Waals surface area (Å²) in [4.78, 5) is 2.69. The Hall–Kier alpha value is -1.89. The molecule has 6 heteroatoms. The lowest BCUT2D eigenvalue weighted by atomic mass is 10.1. The number of sulfonamides is 1. The van der Waals surface area contributed by atoms with Gasteiger partial charge in [0, 0.05) is 32.7 Å². The average molecular weight is 389 g/mol. The van der Waals surface area contributed by atoms with Crippen LogP contribution < -0.4 is 4.74 Å². The quantitative estimate of drug-likeness (QED) is 0.764. The van der Waals surface area contributed by atoms with Gasteiger partial charge in [0.05, 0.1) is 12.0 Å². The van der Waals surface area contributed by atoms with E-state index in [1.807, 2.05) is 19.9 Å². The summed E-state index contributed by atoms with van der Waals surface area (Å²) >= 11 is 0. The lowest BCUT2D eigenvalue weighted by Gasteiger charge is -2.34. The maximum absolute atomic E-state index is 13.0. The van der Waals surface area contributed by atoms with Gasteiger partial charge in [0.25, 0.3) is 0 Å². The highest BCUT2D eigenvalue weighted by atomic mass is 32.2. The molecule has 0 spiro atoms. The van der Waals surface area contributed by atoms with Crippen molar-refractivity contribution in [2.75, 3.05) is 39.8 Å². The van der Waals surface area contributed by atoms with Crippen LogP contribution in [0.15, 0.2) is 47.4 Å². The summed E-state index contributed by atoms with van der Waals surface area (Å²) in [5.41, 5.74) is 3.01. The van der Waals surface area contributed by atoms with Crippen molar-refractivity contribution >= 4 is 10.0 Å². The zero-order valence-electron chi connectivity index (χ0n) is 16.3. The summed E-state index contributed by atoms with van der Waals surface area (Å²) in [7, 11) is -1.86. The summed E-state index contributed by atoms with van der Waals surface area (Å²) in [6.45, 7) is 7.31. The molecular formula is C21H28N2O3S. The molecule has 3 rings (SSSR count). The number of hydrogen-bond donors (Lipinski definition) is 0. The van der Waals surface area contributed by atoms with Gasteiger partial charge in [-0.2, -0.15) is 4.31 Å². The number of ether oxygens (including phenoxy) is 1. The van der Waals surface area contributed by atoms with Gasteiger partial charge >= 0.3 is 0 Å². The molecule has 5 nitrogen and oxygen atoms in total. The molecule has 0 saturated carbocycles. The molecule has 1 heterocycles. The fourth-order valence-corrected chi connectivity index (χ4v) is 5.25. The van der Waals surface area contributed by atoms with Gasteiger partial charge in [0.2, 0.25) is 10.0 Å². The topological polar surface area (TPSA) is 49.9 Å². The maximum atomic E-state index is 13.0. The van der Waals surface area contributed by atoms with Crippen molar-refractivity contribution in [3.05, 3.63) is 59.2 Å². The Morgan fingerprint density at radius 2 is 1.56 bits per heavy atom. The van der Waals surface area contributed by atoms with E-state index in [-0.39, 0.29) is 0 Å². The minimum absolute atomic E-state index is 0.357. The summed E-state index contributed by atoms with van der Waals surface area (Å²) < 4.78 is 33.0. The van der Waals surface area contributed by atoms with E-state index in [0.717, 1.165) is 42.9 Å². The van der Waals surface area contributed by atoms with Crippen LogP contribution in [0, 0.1) is 13.8 Å². The standard InChI is InChI=1S/C21H28N2O3S/c1-17-15-20(16-18(2)21(17)26-3)27(24,25)23-13-11-22(12-14-23)10-9-19-7-5-4-6-8-19/h4-8,15-16H,9-14H2,1-3H3. The van der Waals surface area contributed by atoms with E-state index in [2.05, 4.69) is 29.2 Å². The molecule has 27 heavy (non-hydrogen) atoms. The van der Waals surface area contributed by atoms with Crippen LogP contribution in [0.2, 0.25) is 0 Å². The molecule has 1 fully saturated rings. The maximum Gasteiger partial charge on any atom is 0.243 e. The number of benzene rings is 2. The van der Waals surface area contributed by atoms with E-state index in [9.17, 15) is 8.42 Å². The van der Waals surface area contributed by atoms with E-state index in [1.54, 1.807) is 23.5 Å². The van der Waals surface area contributed by atoms with Gasteiger partial charge < -0.3 is 9.64 Å². The first-order valence-electron chi connectivity index (χ1n) is 9.33. The molecule has 2 aromatic rings. The van der Waals surface area contributed by atoms with Gasteiger partial charge in [-0.3, -0.25) is 0 Å². The molecule has 0 aliphatic carbocycles. The third-order valence-electron chi connectivity index (χ3n) is 5.17. The third kappa shape index (κ3) is 4.51. The van der Waals surface area contributed by atoms with E-state index < -0.39 is 10.0 Å². The van der Waals surface area contributed by atoms with Gasteiger partial charge in [-0.05, 0) is 49.1 Å². The first kappa shape index (κ1) is 19.9. The van der Waals surface area contributed by atoms with E-state index in [4.69, 9.17) is 4.74 Å². The summed E-state index contributed by atoms with van der Waals surface area (Å²) in [5.74, 6) is 0.750. The fraction of sp³-hybridized carbons (Fsp3) is 0.429. The second-order valence-corrected chi connectivity index (χ2v) is 9.01. The number of nitrogens with zero attached hydrogens (tertiary/aromatic N) is 2. The Morgan fingerprint density at radius 3 is 2.11 bits per heavy atom. The minimum Gasteiger partial charge on any atom is -0.496 e. The average Bonchev–Trinajstić information content (AvgIpc) is 2.67. The zero-order valence-corrected chi connectivity index (χ0v) is 17.1. The van der Waals surface area contributed by atoms with Crippen LogP contribution in [0.5, 0.6) is 5.75 Å². The van der Waals surface area contributed by atoms with Gasteiger partial charge in [-0.25, -0.2) is 8.42 Å². The molecule has 0 atom stereocenters. The van der Waals surface area contributed by atoms with Gasteiger partial charge in [0.15, 0.2) is 0 Å². The van der Waals surface area contributed by atoms with Gasteiger partial charge in [0.1, 0.15) is 5.75 Å². The fourth-order valence-electron chi connectivity index (χ4n) is 3.66. The summed E-state index contributed by atoms with van der Waals surface area (Å²) in [6.07, 6.45) is 0.991. The minimum atomic E-state index is -3.47. The Kier molecular flexibility index (Phi) is 6.19. The lowest BCUT2D eigenvalue weighted by molar-refractivity contribution is 0.190. The normalized spacial score (nSPS) is 16.4. The van der Waals surface area contributed by atoms with Crippen molar-refractivity contribution in [3.8, 4) is 5.75 Å². The molecule has 2 aromatic carbocycles. The van der Waals surface area contributed by atoms with Crippen molar-refractivity contribution in [2.45, 2.75) is 25.2 Å². The molecular weight excluding hydrogens is 360 g/mol. The predicted molar refractivity (Wildman–Crippen MR) is 108 cm³/mol. The van der Waals surface area contributed by atoms with Crippen LogP contribution in [-0.2, 0) is 16.4 Å². The Bertz CT molecular complexity index is 851. The molecule has 0 unspecified atom stereocenters. The predicted octanol–water partition coefficient (Wildman–Crippen LogP) is 2.86. The Morgan fingerprint density at radius 1 is 0.963 bits per heavy atom. The number of rotatable bonds is 6. The molecule has 1 aliphatic rings. The molecule has 0 N–H and O–H groups in total. The summed E-state index contributed by atoms with van der Waals surface area (Å²) in [5, 5.41) is 0. The zero-order chi connectivity index (χ0) is 19.4. The smallest absolute Gasteiger partial charge is 0.243 e. The van der Waals surface area contributed by atoms with Crippen LogP contribution in [0.25, 0.3) is 0 Å². The molecule has 0 amide bonds. The molecule has 1 aliphatic heterocycles. The lowest BCUT2D eigenvalue weighted by Crippen LogP contribution is -2.49. The van der Waals surface area contributed by atoms with Crippen LogP contribution in [0.1, 0.15) is 16.7 Å². The number of methoxy groups -OCH3 is 1. The van der Waals surface area contributed by atoms with Gasteiger partial charge in [-0.15, -0.1) is 0 Å².